The van der Waals surface area contributed by atoms with E-state index in [9.17, 15) is 0 Å². The first-order valence-electron chi connectivity index (χ1n) is 11.0. The van der Waals surface area contributed by atoms with E-state index in [4.69, 9.17) is 24.2 Å². The number of rotatable bonds is 6. The third-order valence-corrected chi connectivity index (χ3v) is 6.07. The summed E-state index contributed by atoms with van der Waals surface area (Å²) < 4.78 is 16.3. The topological polar surface area (TPSA) is 60.0 Å². The van der Waals surface area contributed by atoms with Gasteiger partial charge in [0.05, 0.1) is 33.1 Å². The normalized spacial score (nSPS) is 15.6. The Hall–Kier alpha value is -3.32. The van der Waals surface area contributed by atoms with Gasteiger partial charge in [-0.15, -0.1) is 0 Å². The van der Waals surface area contributed by atoms with Crippen LogP contribution >= 0.6 is 0 Å². The minimum atomic E-state index is 0.699. The maximum atomic E-state index is 5.54. The molecular formula is C25H28N4O3. The van der Waals surface area contributed by atoms with Crippen LogP contribution in [-0.2, 0) is 17.7 Å². The van der Waals surface area contributed by atoms with Gasteiger partial charge in [-0.2, -0.15) is 4.98 Å². The highest BCUT2D eigenvalue weighted by molar-refractivity contribution is 5.74. The molecule has 0 amide bonds. The molecule has 0 atom stereocenters. The predicted molar refractivity (Wildman–Crippen MR) is 125 cm³/mol. The molecule has 3 aromatic rings. The molecule has 2 aliphatic heterocycles. The molecule has 0 aliphatic carbocycles. The van der Waals surface area contributed by atoms with Gasteiger partial charge < -0.3 is 24.0 Å². The Labute approximate surface area is 188 Å². The molecule has 32 heavy (non-hydrogen) atoms. The zero-order chi connectivity index (χ0) is 21.9. The van der Waals surface area contributed by atoms with Crippen molar-refractivity contribution in [3.05, 3.63) is 59.7 Å². The van der Waals surface area contributed by atoms with Gasteiger partial charge in [-0.25, -0.2) is 4.98 Å². The number of benzene rings is 2. The molecule has 0 saturated carbocycles. The Balaban J connectivity index is 1.54. The van der Waals surface area contributed by atoms with Crippen molar-refractivity contribution in [3.63, 3.8) is 0 Å². The highest BCUT2D eigenvalue weighted by Crippen LogP contribution is 2.37. The second-order valence-corrected chi connectivity index (χ2v) is 8.03. The van der Waals surface area contributed by atoms with Crippen molar-refractivity contribution in [2.45, 2.75) is 13.0 Å². The van der Waals surface area contributed by atoms with Crippen molar-refractivity contribution in [3.8, 4) is 22.8 Å². The van der Waals surface area contributed by atoms with Crippen LogP contribution in [0.5, 0.6) is 11.5 Å². The van der Waals surface area contributed by atoms with Crippen LogP contribution in [0.15, 0.2) is 48.5 Å². The van der Waals surface area contributed by atoms with Gasteiger partial charge in [0.15, 0.2) is 0 Å². The van der Waals surface area contributed by atoms with Crippen LogP contribution < -0.4 is 19.3 Å². The quantitative estimate of drug-likeness (QED) is 0.590. The minimum absolute atomic E-state index is 0.699. The maximum absolute atomic E-state index is 5.54. The number of hydrogen-bond acceptors (Lipinski definition) is 7. The zero-order valence-corrected chi connectivity index (χ0v) is 18.6. The smallest absolute Gasteiger partial charge is 0.228 e. The van der Waals surface area contributed by atoms with E-state index in [1.54, 1.807) is 14.2 Å². The van der Waals surface area contributed by atoms with Gasteiger partial charge in [0.1, 0.15) is 17.3 Å². The number of nitrogens with zero attached hydrogens (tertiary/aromatic N) is 4. The van der Waals surface area contributed by atoms with E-state index in [-0.39, 0.29) is 0 Å². The standard InChI is InChI=1S/C25H28N4O3/c1-30-20-8-6-18(7-9-20)17-29-11-10-22-23(19-4-3-5-21(16-19)31-2)26-25(27-24(22)29)28-12-14-32-15-13-28/h3-9,16H,10-15,17H2,1-2H3. The van der Waals surface area contributed by atoms with Crippen LogP contribution in [-0.4, -0.2) is 57.0 Å². The maximum Gasteiger partial charge on any atom is 0.228 e. The van der Waals surface area contributed by atoms with Gasteiger partial charge in [-0.05, 0) is 36.2 Å². The van der Waals surface area contributed by atoms with Gasteiger partial charge in [-0.1, -0.05) is 24.3 Å². The van der Waals surface area contributed by atoms with Crippen molar-refractivity contribution in [2.75, 3.05) is 56.9 Å². The van der Waals surface area contributed by atoms with Crippen molar-refractivity contribution < 1.29 is 14.2 Å². The molecule has 1 saturated heterocycles. The first-order chi connectivity index (χ1) is 15.7. The second kappa shape index (κ2) is 9.04. The summed E-state index contributed by atoms with van der Waals surface area (Å²) in [7, 11) is 3.38. The summed E-state index contributed by atoms with van der Waals surface area (Å²) in [4.78, 5) is 14.7. The van der Waals surface area contributed by atoms with Crippen LogP contribution in [0.25, 0.3) is 11.3 Å². The zero-order valence-electron chi connectivity index (χ0n) is 18.6. The molecule has 1 aromatic heterocycles. The van der Waals surface area contributed by atoms with Crippen molar-refractivity contribution in [1.82, 2.24) is 9.97 Å². The molecule has 0 N–H and O–H groups in total. The molecule has 5 rings (SSSR count). The Kier molecular flexibility index (Phi) is 5.81. The lowest BCUT2D eigenvalue weighted by atomic mass is 10.1. The summed E-state index contributed by atoms with van der Waals surface area (Å²) in [6.45, 7) is 4.71. The molecule has 1 fully saturated rings. The largest absolute Gasteiger partial charge is 0.497 e. The van der Waals surface area contributed by atoms with Crippen LogP contribution in [0.1, 0.15) is 11.1 Å². The van der Waals surface area contributed by atoms with Gasteiger partial charge in [0, 0.05) is 37.3 Å². The molecule has 0 radical (unpaired) electrons. The van der Waals surface area contributed by atoms with Crippen LogP contribution in [0.2, 0.25) is 0 Å². The van der Waals surface area contributed by atoms with Gasteiger partial charge in [0.2, 0.25) is 5.95 Å². The fraction of sp³-hybridized carbons (Fsp3) is 0.360. The molecule has 166 valence electrons. The summed E-state index contributed by atoms with van der Waals surface area (Å²) in [5.74, 6) is 3.49. The Bertz CT molecular complexity index is 1080. The number of ether oxygens (including phenoxy) is 3. The second-order valence-electron chi connectivity index (χ2n) is 8.03. The molecule has 0 unspecified atom stereocenters. The van der Waals surface area contributed by atoms with E-state index in [0.717, 1.165) is 67.1 Å². The molecule has 7 heteroatoms. The first kappa shape index (κ1) is 20.6. The number of fused-ring (bicyclic) bond motifs is 1. The van der Waals surface area contributed by atoms with Crippen molar-refractivity contribution in [1.29, 1.82) is 0 Å². The molecule has 2 aliphatic rings. The average molecular weight is 433 g/mol. The molecule has 3 heterocycles. The number of anilines is 2. The third kappa shape index (κ3) is 4.08. The summed E-state index contributed by atoms with van der Waals surface area (Å²) in [5.41, 5.74) is 4.48. The van der Waals surface area contributed by atoms with Crippen LogP contribution in [0.3, 0.4) is 0 Å². The highest BCUT2D eigenvalue weighted by Gasteiger charge is 2.28. The fourth-order valence-corrected chi connectivity index (χ4v) is 4.32. The predicted octanol–water partition coefficient (Wildman–Crippen LogP) is 3.56. The lowest BCUT2D eigenvalue weighted by Crippen LogP contribution is -2.37. The molecule has 7 nitrogen and oxygen atoms in total. The van der Waals surface area contributed by atoms with E-state index < -0.39 is 0 Å². The number of aromatic nitrogens is 2. The van der Waals surface area contributed by atoms with Crippen LogP contribution in [0, 0.1) is 0 Å². The van der Waals surface area contributed by atoms with Gasteiger partial charge in [-0.3, -0.25) is 0 Å². The summed E-state index contributed by atoms with van der Waals surface area (Å²) in [6.07, 6.45) is 0.918. The minimum Gasteiger partial charge on any atom is -0.497 e. The van der Waals surface area contributed by atoms with Crippen LogP contribution in [0.4, 0.5) is 11.8 Å². The first-order valence-corrected chi connectivity index (χ1v) is 11.0. The number of morpholine rings is 1. The monoisotopic (exact) mass is 432 g/mol. The molecule has 0 spiro atoms. The molecule has 0 bridgehead atoms. The number of hydrogen-bond donors (Lipinski definition) is 0. The summed E-state index contributed by atoms with van der Waals surface area (Å²) in [5, 5.41) is 0. The third-order valence-electron chi connectivity index (χ3n) is 6.07. The van der Waals surface area contributed by atoms with Crippen molar-refractivity contribution >= 4 is 11.8 Å². The summed E-state index contributed by atoms with van der Waals surface area (Å²) >= 11 is 0. The summed E-state index contributed by atoms with van der Waals surface area (Å²) in [6, 6.07) is 16.4. The Morgan fingerprint density at radius 3 is 2.44 bits per heavy atom. The fourth-order valence-electron chi connectivity index (χ4n) is 4.32. The molecule has 2 aromatic carbocycles. The SMILES string of the molecule is COc1ccc(CN2CCc3c(-c4cccc(OC)c4)nc(N4CCOCC4)nc32)cc1. The van der Waals surface area contributed by atoms with E-state index >= 15 is 0 Å². The van der Waals surface area contributed by atoms with Gasteiger partial charge >= 0.3 is 0 Å². The molecular weight excluding hydrogens is 404 g/mol. The average Bonchev–Trinajstić information content (AvgIpc) is 3.27. The Morgan fingerprint density at radius 2 is 1.69 bits per heavy atom. The highest BCUT2D eigenvalue weighted by atomic mass is 16.5. The van der Waals surface area contributed by atoms with E-state index in [2.05, 4.69) is 34.1 Å². The Morgan fingerprint density at radius 1 is 0.906 bits per heavy atom. The van der Waals surface area contributed by atoms with Gasteiger partial charge in [0.25, 0.3) is 0 Å². The number of methoxy groups -OCH3 is 2. The van der Waals surface area contributed by atoms with E-state index in [1.165, 1.54) is 11.1 Å². The lowest BCUT2D eigenvalue weighted by molar-refractivity contribution is 0.122. The van der Waals surface area contributed by atoms with E-state index in [0.29, 0.717) is 13.2 Å². The van der Waals surface area contributed by atoms with Crippen molar-refractivity contribution in [2.24, 2.45) is 0 Å². The van der Waals surface area contributed by atoms with E-state index in [1.807, 2.05) is 24.3 Å². The lowest BCUT2D eigenvalue weighted by Gasteiger charge is -2.28.